The lowest BCUT2D eigenvalue weighted by molar-refractivity contribution is -0.188. The third-order valence-electron chi connectivity index (χ3n) is 1.84. The van der Waals surface area contributed by atoms with Gasteiger partial charge in [0.05, 0.1) is 0 Å². The number of halogens is 1. The Morgan fingerprint density at radius 1 is 1.53 bits per heavy atom. The Kier molecular flexibility index (Phi) is 3.21. The van der Waals surface area contributed by atoms with Crippen LogP contribution in [0.25, 0.3) is 0 Å². The highest BCUT2D eigenvalue weighted by molar-refractivity contribution is 6.30. The highest BCUT2D eigenvalue weighted by Crippen LogP contribution is 2.24. The summed E-state index contributed by atoms with van der Waals surface area (Å²) < 4.78 is 4.95. The molecular weight excluding hydrogens is 220 g/mol. The Balaban J connectivity index is 2.95. The number of hydrogen-bond acceptors (Lipinski definition) is 3. The molecule has 0 heterocycles. The normalized spacial score (nSPS) is 14.4. The van der Waals surface area contributed by atoms with E-state index in [0.29, 0.717) is 10.6 Å². The van der Waals surface area contributed by atoms with Crippen molar-refractivity contribution < 1.29 is 19.7 Å². The average Bonchev–Trinajstić information content (AvgIpc) is 2.09. The third-order valence-corrected chi connectivity index (χ3v) is 2.08. The van der Waals surface area contributed by atoms with Gasteiger partial charge in [-0.15, -0.1) is 0 Å². The minimum absolute atomic E-state index is 0.284. The molecule has 1 aromatic rings. The maximum Gasteiger partial charge on any atom is 0.376 e. The molecule has 0 amide bonds. The van der Waals surface area contributed by atoms with Crippen LogP contribution in [0.15, 0.2) is 18.2 Å². The van der Waals surface area contributed by atoms with Crippen molar-refractivity contribution in [2.45, 2.75) is 19.6 Å². The predicted molar refractivity (Wildman–Crippen MR) is 55.1 cm³/mol. The molecule has 0 aliphatic heterocycles. The summed E-state index contributed by atoms with van der Waals surface area (Å²) in [6, 6.07) is 4.69. The van der Waals surface area contributed by atoms with E-state index in [0.717, 1.165) is 6.92 Å². The van der Waals surface area contributed by atoms with E-state index in [1.54, 1.807) is 19.1 Å². The Hall–Kier alpha value is -1.26. The highest BCUT2D eigenvalue weighted by atomic mass is 35.5. The molecule has 1 rings (SSSR count). The summed E-state index contributed by atoms with van der Waals surface area (Å²) in [5, 5.41) is 18.6. The van der Waals surface area contributed by atoms with Gasteiger partial charge >= 0.3 is 11.8 Å². The van der Waals surface area contributed by atoms with Gasteiger partial charge in [0, 0.05) is 11.9 Å². The van der Waals surface area contributed by atoms with Crippen LogP contribution in [0.1, 0.15) is 12.5 Å². The van der Waals surface area contributed by atoms with Crippen molar-refractivity contribution in [3.05, 3.63) is 28.8 Å². The van der Waals surface area contributed by atoms with E-state index in [4.69, 9.17) is 21.4 Å². The second-order valence-electron chi connectivity index (χ2n) is 3.30. The maximum atomic E-state index is 10.6. The molecule has 0 saturated carbocycles. The number of aryl methyl sites for hydroxylation is 1. The summed E-state index contributed by atoms with van der Waals surface area (Å²) in [5.41, 5.74) is 0.657. The molecule has 0 bridgehead atoms. The molecule has 82 valence electrons. The summed E-state index contributed by atoms with van der Waals surface area (Å²) >= 11 is 5.72. The summed E-state index contributed by atoms with van der Waals surface area (Å²) in [4.78, 5) is 10.6. The van der Waals surface area contributed by atoms with Crippen LogP contribution < -0.4 is 4.74 Å². The number of hydrogen-bond donors (Lipinski definition) is 2. The highest BCUT2D eigenvalue weighted by Gasteiger charge is 2.32. The molecule has 0 aliphatic rings. The van der Waals surface area contributed by atoms with Gasteiger partial charge in [-0.05, 0) is 30.7 Å². The van der Waals surface area contributed by atoms with E-state index < -0.39 is 11.8 Å². The number of carboxylic acid groups (broad SMARTS) is 1. The molecule has 0 aromatic heterocycles. The number of carbonyl (C=O) groups is 1. The minimum Gasteiger partial charge on any atom is -0.476 e. The molecule has 0 radical (unpaired) electrons. The summed E-state index contributed by atoms with van der Waals surface area (Å²) in [6.07, 6.45) is 0. The third kappa shape index (κ3) is 2.84. The van der Waals surface area contributed by atoms with Crippen molar-refractivity contribution in [1.82, 2.24) is 0 Å². The van der Waals surface area contributed by atoms with E-state index in [1.807, 2.05) is 0 Å². The standard InChI is InChI=1S/C10H11ClO4/c1-6-5-7(11)3-4-8(6)15-10(2,14)9(12)13/h3-5,14H,1-2H3,(H,12,13). The molecule has 5 heteroatoms. The lowest BCUT2D eigenvalue weighted by Gasteiger charge is -2.21. The zero-order valence-corrected chi connectivity index (χ0v) is 9.08. The maximum absolute atomic E-state index is 10.6. The minimum atomic E-state index is -2.24. The van der Waals surface area contributed by atoms with E-state index in [-0.39, 0.29) is 5.75 Å². The van der Waals surface area contributed by atoms with Crippen LogP contribution in [0.4, 0.5) is 0 Å². The molecular formula is C10H11ClO4. The van der Waals surface area contributed by atoms with Gasteiger partial charge in [-0.3, -0.25) is 0 Å². The van der Waals surface area contributed by atoms with Crippen LogP contribution in [0.5, 0.6) is 5.75 Å². The quantitative estimate of drug-likeness (QED) is 0.778. The molecule has 0 aliphatic carbocycles. The second kappa shape index (κ2) is 4.08. The smallest absolute Gasteiger partial charge is 0.376 e. The van der Waals surface area contributed by atoms with Gasteiger partial charge in [0.15, 0.2) is 0 Å². The molecule has 2 N–H and O–H groups in total. The first-order valence-electron chi connectivity index (χ1n) is 4.24. The van der Waals surface area contributed by atoms with Crippen molar-refractivity contribution >= 4 is 17.6 Å². The number of aliphatic hydroxyl groups is 1. The number of carboxylic acids is 1. The van der Waals surface area contributed by atoms with Crippen LogP contribution in [0, 0.1) is 6.92 Å². The number of aliphatic carboxylic acids is 1. The van der Waals surface area contributed by atoms with Crippen molar-refractivity contribution in [3.63, 3.8) is 0 Å². The monoisotopic (exact) mass is 230 g/mol. The van der Waals surface area contributed by atoms with E-state index in [9.17, 15) is 9.90 Å². The number of benzene rings is 1. The van der Waals surface area contributed by atoms with Gasteiger partial charge in [-0.1, -0.05) is 11.6 Å². The lowest BCUT2D eigenvalue weighted by Crippen LogP contribution is -2.41. The van der Waals surface area contributed by atoms with Gasteiger partial charge in [-0.25, -0.2) is 4.79 Å². The van der Waals surface area contributed by atoms with Gasteiger partial charge in [0.2, 0.25) is 0 Å². The van der Waals surface area contributed by atoms with Crippen LogP contribution in [0.2, 0.25) is 5.02 Å². The van der Waals surface area contributed by atoms with Crippen molar-refractivity contribution in [2.24, 2.45) is 0 Å². The molecule has 15 heavy (non-hydrogen) atoms. The first-order valence-corrected chi connectivity index (χ1v) is 4.61. The summed E-state index contributed by atoms with van der Waals surface area (Å²) in [6.45, 7) is 2.77. The molecule has 1 unspecified atom stereocenters. The number of ether oxygens (including phenoxy) is 1. The first-order chi connectivity index (χ1) is 6.83. The molecule has 0 spiro atoms. The van der Waals surface area contributed by atoms with Gasteiger partial charge in [0.25, 0.3) is 0 Å². The molecule has 1 atom stereocenters. The fourth-order valence-electron chi connectivity index (χ4n) is 0.985. The zero-order valence-electron chi connectivity index (χ0n) is 8.32. The van der Waals surface area contributed by atoms with Crippen LogP contribution in [0.3, 0.4) is 0 Å². The Morgan fingerprint density at radius 2 is 2.13 bits per heavy atom. The Labute approximate surface area is 92.1 Å². The van der Waals surface area contributed by atoms with Crippen LogP contribution in [-0.4, -0.2) is 22.0 Å². The Bertz CT molecular complexity index is 387. The topological polar surface area (TPSA) is 66.8 Å². The fourth-order valence-corrected chi connectivity index (χ4v) is 1.21. The molecule has 0 fully saturated rings. The first kappa shape index (κ1) is 11.8. The SMILES string of the molecule is Cc1cc(Cl)ccc1OC(C)(O)C(=O)O. The van der Waals surface area contributed by atoms with Crippen molar-refractivity contribution in [3.8, 4) is 5.75 Å². The lowest BCUT2D eigenvalue weighted by atomic mass is 10.2. The summed E-state index contributed by atoms with van der Waals surface area (Å²) in [5.74, 6) is -3.40. The molecule has 0 saturated heterocycles. The van der Waals surface area contributed by atoms with Gasteiger partial charge < -0.3 is 14.9 Å². The van der Waals surface area contributed by atoms with E-state index in [2.05, 4.69) is 0 Å². The number of rotatable bonds is 3. The van der Waals surface area contributed by atoms with Gasteiger partial charge in [0.1, 0.15) is 5.75 Å². The molecule has 1 aromatic carbocycles. The predicted octanol–water partition coefficient (Wildman–Crippen LogP) is 1.82. The zero-order chi connectivity index (χ0) is 11.6. The fraction of sp³-hybridized carbons (Fsp3) is 0.300. The van der Waals surface area contributed by atoms with Crippen molar-refractivity contribution in [1.29, 1.82) is 0 Å². The van der Waals surface area contributed by atoms with Gasteiger partial charge in [-0.2, -0.15) is 0 Å². The Morgan fingerprint density at radius 3 is 2.60 bits per heavy atom. The largest absolute Gasteiger partial charge is 0.476 e. The molecule has 4 nitrogen and oxygen atoms in total. The van der Waals surface area contributed by atoms with E-state index in [1.165, 1.54) is 6.07 Å². The summed E-state index contributed by atoms with van der Waals surface area (Å²) in [7, 11) is 0. The van der Waals surface area contributed by atoms with Crippen LogP contribution >= 0.6 is 11.6 Å². The van der Waals surface area contributed by atoms with E-state index >= 15 is 0 Å². The second-order valence-corrected chi connectivity index (χ2v) is 3.74. The average molecular weight is 231 g/mol. The van der Waals surface area contributed by atoms with Crippen LogP contribution in [-0.2, 0) is 4.79 Å². The van der Waals surface area contributed by atoms with Crippen molar-refractivity contribution in [2.75, 3.05) is 0 Å².